The molecule has 2 aromatic rings. The standard InChI is InChI=1S/C24H35N3O5S2/c1-18(15-19-9-5-4-6-10-19)25-17-20-11-7-8-12-22(20)27-34(30,31)24-14-13-21(16-23(24)32-2)26-33(3,28)29/h7-8,11-14,16,18-19,25-27H,4-6,9-10,15,17H2,1-3H3. The highest BCUT2D eigenvalue weighted by molar-refractivity contribution is 7.93. The van der Waals surface area contributed by atoms with Gasteiger partial charge in [0.05, 0.1) is 24.7 Å². The predicted octanol–water partition coefficient (Wildman–Crippen LogP) is 4.32. The summed E-state index contributed by atoms with van der Waals surface area (Å²) in [5.74, 6) is 0.801. The number of para-hydroxylation sites is 1. The third kappa shape index (κ3) is 7.61. The summed E-state index contributed by atoms with van der Waals surface area (Å²) in [5, 5.41) is 3.54. The van der Waals surface area contributed by atoms with E-state index in [1.807, 2.05) is 12.1 Å². The van der Waals surface area contributed by atoms with Gasteiger partial charge in [0.2, 0.25) is 10.0 Å². The van der Waals surface area contributed by atoms with Gasteiger partial charge in [0, 0.05) is 18.7 Å². The first kappa shape index (κ1) is 26.3. The summed E-state index contributed by atoms with van der Waals surface area (Å²) in [5.41, 5.74) is 1.55. The van der Waals surface area contributed by atoms with Crippen molar-refractivity contribution in [2.45, 2.75) is 62.9 Å². The second-order valence-corrected chi connectivity index (χ2v) is 12.4. The molecule has 1 atom stereocenters. The quantitative estimate of drug-likeness (QED) is 0.416. The van der Waals surface area contributed by atoms with E-state index in [1.54, 1.807) is 12.1 Å². The van der Waals surface area contributed by atoms with Gasteiger partial charge in [-0.25, -0.2) is 16.8 Å². The molecule has 1 fully saturated rings. The number of methoxy groups -OCH3 is 1. The van der Waals surface area contributed by atoms with Crippen molar-refractivity contribution in [2.24, 2.45) is 5.92 Å². The summed E-state index contributed by atoms with van der Waals surface area (Å²) in [7, 11) is -6.15. The summed E-state index contributed by atoms with van der Waals surface area (Å²) in [6.45, 7) is 2.72. The molecule has 2 aromatic carbocycles. The van der Waals surface area contributed by atoms with Crippen molar-refractivity contribution in [3.8, 4) is 5.75 Å². The lowest BCUT2D eigenvalue weighted by Crippen LogP contribution is -2.29. The molecule has 3 rings (SSSR count). The highest BCUT2D eigenvalue weighted by Gasteiger charge is 2.22. The molecular weight excluding hydrogens is 474 g/mol. The highest BCUT2D eigenvalue weighted by Crippen LogP contribution is 2.30. The van der Waals surface area contributed by atoms with Crippen LogP contribution in [-0.4, -0.2) is 36.2 Å². The minimum atomic E-state index is -3.98. The molecule has 10 heteroatoms. The number of anilines is 2. The molecule has 1 aliphatic carbocycles. The second-order valence-electron chi connectivity index (χ2n) is 9.02. The lowest BCUT2D eigenvalue weighted by atomic mass is 9.85. The third-order valence-electron chi connectivity index (χ3n) is 6.07. The lowest BCUT2D eigenvalue weighted by molar-refractivity contribution is 0.305. The first-order chi connectivity index (χ1) is 16.1. The topological polar surface area (TPSA) is 114 Å². The molecule has 34 heavy (non-hydrogen) atoms. The SMILES string of the molecule is COc1cc(NS(C)(=O)=O)ccc1S(=O)(=O)Nc1ccccc1CNC(C)CC1CCCCC1. The van der Waals surface area contributed by atoms with E-state index in [-0.39, 0.29) is 16.3 Å². The molecule has 8 nitrogen and oxygen atoms in total. The number of benzene rings is 2. The Morgan fingerprint density at radius 3 is 2.38 bits per heavy atom. The zero-order valence-corrected chi connectivity index (χ0v) is 21.6. The van der Waals surface area contributed by atoms with Crippen molar-refractivity contribution >= 4 is 31.4 Å². The van der Waals surface area contributed by atoms with Crippen LogP contribution in [0, 0.1) is 5.92 Å². The van der Waals surface area contributed by atoms with Gasteiger partial charge in [0.15, 0.2) is 0 Å². The maximum atomic E-state index is 13.2. The molecule has 0 spiro atoms. The van der Waals surface area contributed by atoms with E-state index in [4.69, 9.17) is 4.74 Å². The van der Waals surface area contributed by atoms with E-state index >= 15 is 0 Å². The monoisotopic (exact) mass is 509 g/mol. The molecule has 0 aliphatic heterocycles. The van der Waals surface area contributed by atoms with Gasteiger partial charge in [-0.15, -0.1) is 0 Å². The molecule has 0 heterocycles. The summed E-state index contributed by atoms with van der Waals surface area (Å²) in [4.78, 5) is -0.0810. The molecule has 3 N–H and O–H groups in total. The van der Waals surface area contributed by atoms with E-state index in [1.165, 1.54) is 57.4 Å². The van der Waals surface area contributed by atoms with Crippen LogP contribution in [0.25, 0.3) is 0 Å². The molecular formula is C24H35N3O5S2. The fourth-order valence-electron chi connectivity index (χ4n) is 4.43. The van der Waals surface area contributed by atoms with Gasteiger partial charge in [-0.3, -0.25) is 9.44 Å². The van der Waals surface area contributed by atoms with Crippen LogP contribution in [0.15, 0.2) is 47.4 Å². The van der Waals surface area contributed by atoms with Crippen molar-refractivity contribution in [2.75, 3.05) is 22.8 Å². The molecule has 188 valence electrons. The first-order valence-corrected chi connectivity index (χ1v) is 14.9. The Morgan fingerprint density at radius 1 is 1.00 bits per heavy atom. The normalized spacial score (nSPS) is 16.1. The zero-order valence-electron chi connectivity index (χ0n) is 20.0. The van der Waals surface area contributed by atoms with Crippen molar-refractivity contribution < 1.29 is 21.6 Å². The van der Waals surface area contributed by atoms with Crippen LogP contribution in [0.5, 0.6) is 5.75 Å². The van der Waals surface area contributed by atoms with Crippen molar-refractivity contribution in [3.05, 3.63) is 48.0 Å². The molecule has 0 bridgehead atoms. The Morgan fingerprint density at radius 2 is 1.71 bits per heavy atom. The minimum absolute atomic E-state index is 0.0397. The molecule has 1 aliphatic rings. The fourth-order valence-corrected chi connectivity index (χ4v) is 6.24. The summed E-state index contributed by atoms with van der Waals surface area (Å²) >= 11 is 0. The van der Waals surface area contributed by atoms with Crippen LogP contribution in [0.1, 0.15) is 51.0 Å². The largest absolute Gasteiger partial charge is 0.495 e. The van der Waals surface area contributed by atoms with Gasteiger partial charge >= 0.3 is 0 Å². The van der Waals surface area contributed by atoms with Gasteiger partial charge in [0.25, 0.3) is 10.0 Å². The van der Waals surface area contributed by atoms with Crippen molar-refractivity contribution in [1.82, 2.24) is 5.32 Å². The van der Waals surface area contributed by atoms with E-state index in [2.05, 4.69) is 21.7 Å². The van der Waals surface area contributed by atoms with Crippen LogP contribution in [0.2, 0.25) is 0 Å². The summed E-state index contributed by atoms with van der Waals surface area (Å²) < 4.78 is 59.6. The van der Waals surface area contributed by atoms with Gasteiger partial charge in [-0.2, -0.15) is 0 Å². The van der Waals surface area contributed by atoms with E-state index in [0.717, 1.165) is 24.2 Å². The second kappa shape index (κ2) is 11.4. The Kier molecular flexibility index (Phi) is 8.83. The summed E-state index contributed by atoms with van der Waals surface area (Å²) in [6.07, 6.45) is 8.71. The van der Waals surface area contributed by atoms with Gasteiger partial charge in [-0.1, -0.05) is 50.3 Å². The number of hydrogen-bond acceptors (Lipinski definition) is 6. The van der Waals surface area contributed by atoms with E-state index in [9.17, 15) is 16.8 Å². The van der Waals surface area contributed by atoms with E-state index < -0.39 is 20.0 Å². The van der Waals surface area contributed by atoms with Crippen molar-refractivity contribution in [1.29, 1.82) is 0 Å². The van der Waals surface area contributed by atoms with Crippen LogP contribution in [0.4, 0.5) is 11.4 Å². The molecule has 0 aromatic heterocycles. The first-order valence-electron chi connectivity index (χ1n) is 11.6. The van der Waals surface area contributed by atoms with Crippen molar-refractivity contribution in [3.63, 3.8) is 0 Å². The molecule has 0 saturated heterocycles. The van der Waals surface area contributed by atoms with Gasteiger partial charge in [0.1, 0.15) is 10.6 Å². The van der Waals surface area contributed by atoms with Crippen LogP contribution in [0.3, 0.4) is 0 Å². The predicted molar refractivity (Wildman–Crippen MR) is 136 cm³/mol. The number of nitrogens with one attached hydrogen (secondary N) is 3. The number of hydrogen-bond donors (Lipinski definition) is 3. The maximum absolute atomic E-state index is 13.2. The van der Waals surface area contributed by atoms with Crippen LogP contribution >= 0.6 is 0 Å². The molecule has 1 unspecified atom stereocenters. The smallest absolute Gasteiger partial charge is 0.265 e. The maximum Gasteiger partial charge on any atom is 0.265 e. The third-order valence-corrected chi connectivity index (χ3v) is 8.08. The Labute approximate surface area is 203 Å². The summed E-state index contributed by atoms with van der Waals surface area (Å²) in [6, 6.07) is 11.7. The average Bonchev–Trinajstić information content (AvgIpc) is 2.77. The Balaban J connectivity index is 1.72. The van der Waals surface area contributed by atoms with Crippen LogP contribution in [-0.2, 0) is 26.6 Å². The average molecular weight is 510 g/mol. The highest BCUT2D eigenvalue weighted by atomic mass is 32.2. The minimum Gasteiger partial charge on any atom is -0.495 e. The molecule has 0 radical (unpaired) electrons. The number of rotatable bonds is 11. The van der Waals surface area contributed by atoms with Gasteiger partial charge < -0.3 is 10.1 Å². The fraction of sp³-hybridized carbons (Fsp3) is 0.500. The van der Waals surface area contributed by atoms with Gasteiger partial charge in [-0.05, 0) is 43.0 Å². The molecule has 1 saturated carbocycles. The number of sulfonamides is 2. The zero-order chi connectivity index (χ0) is 24.8. The lowest BCUT2D eigenvalue weighted by Gasteiger charge is -2.25. The number of ether oxygens (including phenoxy) is 1. The Bertz CT molecular complexity index is 1180. The Hall–Kier alpha value is -2.30. The van der Waals surface area contributed by atoms with E-state index in [0.29, 0.717) is 18.3 Å². The van der Waals surface area contributed by atoms with Crippen LogP contribution < -0.4 is 19.5 Å². The molecule has 0 amide bonds.